The van der Waals surface area contributed by atoms with Crippen LogP contribution >= 0.6 is 11.3 Å². The Bertz CT molecular complexity index is 1220. The van der Waals surface area contributed by atoms with Crippen LogP contribution in [-0.4, -0.2) is 44.8 Å². The second kappa shape index (κ2) is 8.82. The Labute approximate surface area is 191 Å². The second-order valence-corrected chi connectivity index (χ2v) is 9.15. The van der Waals surface area contributed by atoms with E-state index in [2.05, 4.69) is 56.3 Å². The largest absolute Gasteiger partial charge is 0.378 e. The maximum atomic E-state index is 10.1. The van der Waals surface area contributed by atoms with Gasteiger partial charge in [-0.15, -0.1) is 0 Å². The Hall–Kier alpha value is -3.07. The highest BCUT2D eigenvalue weighted by Gasteiger charge is 2.22. The lowest BCUT2D eigenvalue weighted by Crippen LogP contribution is -2.28. The molecule has 1 atom stereocenters. The minimum Gasteiger partial charge on any atom is -0.378 e. The molecule has 4 heterocycles. The molecule has 1 aliphatic rings. The molecule has 8 heteroatoms. The third-order valence-corrected chi connectivity index (χ3v) is 6.66. The van der Waals surface area contributed by atoms with Crippen LogP contribution in [0.5, 0.6) is 0 Å². The van der Waals surface area contributed by atoms with Crippen molar-refractivity contribution in [2.75, 3.05) is 23.8 Å². The fourth-order valence-electron chi connectivity index (χ4n) is 3.93. The highest BCUT2D eigenvalue weighted by molar-refractivity contribution is 7.21. The molecule has 1 aromatic carbocycles. The first-order chi connectivity index (χ1) is 15.5. The van der Waals surface area contributed by atoms with E-state index in [9.17, 15) is 5.11 Å². The van der Waals surface area contributed by atoms with Crippen molar-refractivity contribution in [2.24, 2.45) is 0 Å². The summed E-state index contributed by atoms with van der Waals surface area (Å²) in [5, 5.41) is 14.1. The average Bonchev–Trinajstić information content (AvgIpc) is 3.38. The number of fused-ring (bicyclic) bond motifs is 1. The number of aliphatic hydroxyl groups is 1. The summed E-state index contributed by atoms with van der Waals surface area (Å²) >= 11 is 1.51. The molecule has 164 valence electrons. The summed E-state index contributed by atoms with van der Waals surface area (Å²) in [4.78, 5) is 19.0. The van der Waals surface area contributed by atoms with Gasteiger partial charge in [-0.3, -0.25) is 4.90 Å². The van der Waals surface area contributed by atoms with Crippen molar-refractivity contribution in [3.8, 4) is 0 Å². The van der Waals surface area contributed by atoms with Crippen LogP contribution < -0.4 is 10.2 Å². The topological polar surface area (TPSA) is 77.4 Å². The van der Waals surface area contributed by atoms with Gasteiger partial charge in [-0.1, -0.05) is 29.0 Å². The molecule has 0 unspecified atom stereocenters. The normalized spacial score (nSPS) is 16.5. The van der Waals surface area contributed by atoms with E-state index >= 15 is 0 Å². The fraction of sp³-hybridized carbons (Fsp3) is 0.292. The maximum absolute atomic E-state index is 10.1. The van der Waals surface area contributed by atoms with E-state index in [1.54, 1.807) is 6.20 Å². The quantitative estimate of drug-likeness (QED) is 0.440. The van der Waals surface area contributed by atoms with Gasteiger partial charge in [0.05, 0.1) is 0 Å². The lowest BCUT2D eigenvalue weighted by molar-refractivity contribution is 0.0328. The van der Waals surface area contributed by atoms with Crippen molar-refractivity contribution < 1.29 is 5.11 Å². The summed E-state index contributed by atoms with van der Waals surface area (Å²) in [6, 6.07) is 16.4. The van der Waals surface area contributed by atoms with E-state index in [-0.39, 0.29) is 6.23 Å². The van der Waals surface area contributed by atoms with E-state index < -0.39 is 0 Å². The number of thiazole rings is 1. The molecule has 0 radical (unpaired) electrons. The number of hydrogen-bond donors (Lipinski definition) is 2. The number of likely N-dealkylation sites (tertiary alicyclic amines) is 1. The van der Waals surface area contributed by atoms with Gasteiger partial charge in [0.1, 0.15) is 28.2 Å². The van der Waals surface area contributed by atoms with E-state index in [0.717, 1.165) is 57.8 Å². The minimum atomic E-state index is -0.345. The molecule has 0 amide bonds. The summed E-state index contributed by atoms with van der Waals surface area (Å²) in [6.07, 6.45) is 3.33. The summed E-state index contributed by atoms with van der Waals surface area (Å²) in [5.74, 6) is 1.62. The Morgan fingerprint density at radius 3 is 2.78 bits per heavy atom. The number of aryl methyl sites for hydroxylation is 1. The predicted molar refractivity (Wildman–Crippen MR) is 130 cm³/mol. The van der Waals surface area contributed by atoms with Crippen molar-refractivity contribution in [1.29, 1.82) is 0 Å². The van der Waals surface area contributed by atoms with E-state index in [4.69, 9.17) is 4.98 Å². The van der Waals surface area contributed by atoms with Gasteiger partial charge < -0.3 is 15.3 Å². The van der Waals surface area contributed by atoms with Gasteiger partial charge >= 0.3 is 0 Å². The number of nitrogens with one attached hydrogen (secondary N) is 1. The molecule has 5 rings (SSSR count). The zero-order chi connectivity index (χ0) is 22.1. The van der Waals surface area contributed by atoms with Gasteiger partial charge in [0.25, 0.3) is 0 Å². The van der Waals surface area contributed by atoms with E-state index in [1.807, 2.05) is 31.3 Å². The minimum absolute atomic E-state index is 0.345. The highest BCUT2D eigenvalue weighted by Crippen LogP contribution is 2.30. The lowest BCUT2D eigenvalue weighted by atomic mass is 10.2. The van der Waals surface area contributed by atoms with Crippen molar-refractivity contribution in [1.82, 2.24) is 19.9 Å². The van der Waals surface area contributed by atoms with Gasteiger partial charge in [-0.2, -0.15) is 0 Å². The molecule has 0 saturated carbocycles. The Morgan fingerprint density at radius 2 is 2.00 bits per heavy atom. The van der Waals surface area contributed by atoms with E-state index in [0.29, 0.717) is 6.54 Å². The molecule has 0 bridgehead atoms. The smallest absolute Gasteiger partial charge is 0.190 e. The monoisotopic (exact) mass is 446 g/mol. The number of pyridine rings is 2. The molecule has 1 fully saturated rings. The number of benzene rings is 1. The molecule has 1 aliphatic heterocycles. The highest BCUT2D eigenvalue weighted by atomic mass is 32.1. The third-order valence-electron chi connectivity index (χ3n) is 5.78. The van der Waals surface area contributed by atoms with Crippen molar-refractivity contribution in [3.05, 3.63) is 65.9 Å². The summed E-state index contributed by atoms with van der Waals surface area (Å²) in [6.45, 7) is 3.73. The molecule has 1 saturated heterocycles. The standard InChI is InChI=1S/C24H26N6OS/c1-16-5-7-18(8-6-16)29(2)21-10-9-19-23(28-21)32-24(26-19)27-20-14-17(11-12-25-20)15-30-13-3-4-22(30)31/h5-12,14,22,31H,3-4,13,15H2,1-2H3,(H,25,26,27)/t22-/m1/s1. The van der Waals surface area contributed by atoms with Crippen LogP contribution in [-0.2, 0) is 6.54 Å². The second-order valence-electron chi connectivity index (χ2n) is 8.17. The molecule has 32 heavy (non-hydrogen) atoms. The van der Waals surface area contributed by atoms with Gasteiger partial charge in [0.15, 0.2) is 5.13 Å². The lowest BCUT2D eigenvalue weighted by Gasteiger charge is -2.19. The van der Waals surface area contributed by atoms with Crippen molar-refractivity contribution in [2.45, 2.75) is 32.5 Å². The zero-order valence-electron chi connectivity index (χ0n) is 18.2. The average molecular weight is 447 g/mol. The van der Waals surface area contributed by atoms with Crippen LogP contribution in [0.4, 0.5) is 22.5 Å². The molecule has 2 N–H and O–H groups in total. The van der Waals surface area contributed by atoms with Crippen molar-refractivity contribution >= 4 is 44.1 Å². The van der Waals surface area contributed by atoms with Crippen molar-refractivity contribution in [3.63, 3.8) is 0 Å². The molecule has 7 nitrogen and oxygen atoms in total. The predicted octanol–water partition coefficient (Wildman–Crippen LogP) is 4.82. The first kappa shape index (κ1) is 20.8. The van der Waals surface area contributed by atoms with Crippen LogP contribution in [0.1, 0.15) is 24.0 Å². The molecule has 0 spiro atoms. The summed E-state index contributed by atoms with van der Waals surface area (Å²) in [5.41, 5.74) is 4.30. The van der Waals surface area contributed by atoms with Crippen LogP contribution in [0.15, 0.2) is 54.7 Å². The van der Waals surface area contributed by atoms with Crippen LogP contribution in [0, 0.1) is 6.92 Å². The van der Waals surface area contributed by atoms with Crippen LogP contribution in [0.3, 0.4) is 0 Å². The number of anilines is 4. The SMILES string of the molecule is Cc1ccc(N(C)c2ccc3nc(Nc4cc(CN5CCC[C@H]5O)ccn4)sc3n2)cc1. The molecular weight excluding hydrogens is 420 g/mol. The number of aliphatic hydroxyl groups excluding tert-OH is 1. The van der Waals surface area contributed by atoms with Gasteiger partial charge in [0.2, 0.25) is 0 Å². The first-order valence-corrected chi connectivity index (χ1v) is 11.6. The fourth-order valence-corrected chi connectivity index (χ4v) is 4.77. The molecule has 3 aromatic heterocycles. The zero-order valence-corrected chi connectivity index (χ0v) is 19.0. The van der Waals surface area contributed by atoms with Crippen LogP contribution in [0.25, 0.3) is 10.3 Å². The number of hydrogen-bond acceptors (Lipinski definition) is 8. The molecule has 4 aromatic rings. The van der Waals surface area contributed by atoms with Gasteiger partial charge in [-0.25, -0.2) is 15.0 Å². The van der Waals surface area contributed by atoms with Gasteiger partial charge in [0, 0.05) is 32.0 Å². The van der Waals surface area contributed by atoms with E-state index in [1.165, 1.54) is 16.9 Å². The maximum Gasteiger partial charge on any atom is 0.190 e. The molecular formula is C24H26N6OS. The van der Waals surface area contributed by atoms with Gasteiger partial charge in [-0.05, 0) is 61.7 Å². The number of rotatable bonds is 6. The molecule has 0 aliphatic carbocycles. The third kappa shape index (κ3) is 4.43. The Kier molecular flexibility index (Phi) is 5.73. The number of nitrogens with zero attached hydrogens (tertiary/aromatic N) is 5. The summed E-state index contributed by atoms with van der Waals surface area (Å²) < 4.78 is 0. The Morgan fingerprint density at radius 1 is 1.16 bits per heavy atom. The van der Waals surface area contributed by atoms with Crippen LogP contribution in [0.2, 0.25) is 0 Å². The summed E-state index contributed by atoms with van der Waals surface area (Å²) in [7, 11) is 2.02. The number of aromatic nitrogens is 3. The Balaban J connectivity index is 1.33. The first-order valence-electron chi connectivity index (χ1n) is 10.8.